The molecule has 106 valence electrons. The Labute approximate surface area is 112 Å². The average molecular weight is 267 g/mol. The Bertz CT molecular complexity index is 411. The molecule has 0 saturated carbocycles. The minimum absolute atomic E-state index is 0.0660. The lowest BCUT2D eigenvalue weighted by molar-refractivity contribution is 0.0802. The van der Waals surface area contributed by atoms with Crippen molar-refractivity contribution in [2.75, 3.05) is 18.6 Å². The van der Waals surface area contributed by atoms with Gasteiger partial charge in [-0.3, -0.25) is 9.78 Å². The molecule has 1 rings (SSSR count). The van der Waals surface area contributed by atoms with Crippen molar-refractivity contribution in [2.45, 2.75) is 26.8 Å². The molecule has 0 aliphatic carbocycles. The summed E-state index contributed by atoms with van der Waals surface area (Å²) in [4.78, 5) is 20.0. The van der Waals surface area contributed by atoms with Crippen LogP contribution < -0.4 is 16.6 Å². The van der Waals surface area contributed by atoms with Gasteiger partial charge in [-0.2, -0.15) is 0 Å². The Morgan fingerprint density at radius 2 is 2.21 bits per heavy atom. The van der Waals surface area contributed by atoms with Gasteiger partial charge in [0.2, 0.25) is 0 Å². The van der Waals surface area contributed by atoms with Crippen LogP contribution >= 0.6 is 0 Å². The van der Waals surface area contributed by atoms with Crippen LogP contribution in [0, 0.1) is 5.92 Å². The summed E-state index contributed by atoms with van der Waals surface area (Å²) in [6.45, 7) is 7.05. The van der Waals surface area contributed by atoms with Crippen molar-refractivity contribution in [3.8, 4) is 0 Å². The van der Waals surface area contributed by atoms with E-state index in [2.05, 4.69) is 20.7 Å². The summed E-state index contributed by atoms with van der Waals surface area (Å²) < 4.78 is 5.36. The molecule has 0 spiro atoms. The SMILES string of the molecule is CCOCC(NC(=O)c1cncc(NN)n1)C(C)C. The lowest BCUT2D eigenvalue weighted by Gasteiger charge is -2.21. The van der Waals surface area contributed by atoms with E-state index < -0.39 is 0 Å². The van der Waals surface area contributed by atoms with E-state index in [0.717, 1.165) is 0 Å². The molecule has 0 aliphatic rings. The highest BCUT2D eigenvalue weighted by Gasteiger charge is 2.18. The van der Waals surface area contributed by atoms with Crippen molar-refractivity contribution >= 4 is 11.7 Å². The lowest BCUT2D eigenvalue weighted by atomic mass is 10.1. The van der Waals surface area contributed by atoms with E-state index in [1.165, 1.54) is 12.4 Å². The molecule has 19 heavy (non-hydrogen) atoms. The molecule has 0 aromatic carbocycles. The summed E-state index contributed by atoms with van der Waals surface area (Å²) in [6, 6.07) is -0.0660. The maximum atomic E-state index is 12.1. The third-order valence-corrected chi connectivity index (χ3v) is 2.64. The number of ether oxygens (including phenoxy) is 1. The van der Waals surface area contributed by atoms with Crippen molar-refractivity contribution in [1.82, 2.24) is 15.3 Å². The van der Waals surface area contributed by atoms with Gasteiger partial charge in [0.15, 0.2) is 5.82 Å². The van der Waals surface area contributed by atoms with Crippen LogP contribution in [-0.2, 0) is 4.74 Å². The second-order valence-electron chi connectivity index (χ2n) is 4.42. The number of anilines is 1. The number of nitrogen functional groups attached to an aromatic ring is 1. The van der Waals surface area contributed by atoms with Gasteiger partial charge in [-0.25, -0.2) is 10.8 Å². The van der Waals surface area contributed by atoms with E-state index in [1.54, 1.807) is 0 Å². The highest BCUT2D eigenvalue weighted by Crippen LogP contribution is 2.05. The molecule has 0 aliphatic heterocycles. The Morgan fingerprint density at radius 3 is 2.79 bits per heavy atom. The molecule has 1 amide bonds. The van der Waals surface area contributed by atoms with E-state index in [1.807, 2.05) is 20.8 Å². The smallest absolute Gasteiger partial charge is 0.271 e. The number of nitrogens with two attached hydrogens (primary N) is 1. The van der Waals surface area contributed by atoms with Crippen LogP contribution in [0.1, 0.15) is 31.3 Å². The molecule has 0 saturated heterocycles. The van der Waals surface area contributed by atoms with E-state index in [0.29, 0.717) is 19.0 Å². The van der Waals surface area contributed by atoms with Gasteiger partial charge in [0.05, 0.1) is 25.0 Å². The molecule has 7 heteroatoms. The third-order valence-electron chi connectivity index (χ3n) is 2.64. The van der Waals surface area contributed by atoms with E-state index in [-0.39, 0.29) is 23.6 Å². The summed E-state index contributed by atoms with van der Waals surface area (Å²) in [5, 5.41) is 2.88. The van der Waals surface area contributed by atoms with Crippen LogP contribution in [0.2, 0.25) is 0 Å². The van der Waals surface area contributed by atoms with Crippen LogP contribution in [0.3, 0.4) is 0 Å². The zero-order chi connectivity index (χ0) is 14.3. The highest BCUT2D eigenvalue weighted by atomic mass is 16.5. The van der Waals surface area contributed by atoms with E-state index >= 15 is 0 Å². The highest BCUT2D eigenvalue weighted by molar-refractivity contribution is 5.92. The lowest BCUT2D eigenvalue weighted by Crippen LogP contribution is -2.42. The number of hydrogen-bond acceptors (Lipinski definition) is 6. The fraction of sp³-hybridized carbons (Fsp3) is 0.583. The third kappa shape index (κ3) is 4.80. The number of aromatic nitrogens is 2. The minimum Gasteiger partial charge on any atom is -0.380 e. The van der Waals surface area contributed by atoms with Crippen molar-refractivity contribution in [3.05, 3.63) is 18.1 Å². The molecule has 0 radical (unpaired) electrons. The number of rotatable bonds is 7. The molecule has 0 fully saturated rings. The van der Waals surface area contributed by atoms with Gasteiger partial charge in [0, 0.05) is 6.61 Å². The molecular weight excluding hydrogens is 246 g/mol. The molecule has 1 aromatic heterocycles. The molecule has 1 heterocycles. The average Bonchev–Trinajstić information content (AvgIpc) is 2.42. The van der Waals surface area contributed by atoms with Crippen LogP contribution in [-0.4, -0.2) is 35.1 Å². The van der Waals surface area contributed by atoms with Crippen molar-refractivity contribution in [1.29, 1.82) is 0 Å². The largest absolute Gasteiger partial charge is 0.380 e. The molecule has 1 atom stereocenters. The maximum absolute atomic E-state index is 12.1. The summed E-state index contributed by atoms with van der Waals surface area (Å²) in [5.74, 6) is 5.55. The van der Waals surface area contributed by atoms with Gasteiger partial charge in [0.1, 0.15) is 5.69 Å². The van der Waals surface area contributed by atoms with Gasteiger partial charge >= 0.3 is 0 Å². The number of hydrazine groups is 1. The monoisotopic (exact) mass is 267 g/mol. The molecule has 1 aromatic rings. The van der Waals surface area contributed by atoms with Gasteiger partial charge in [-0.15, -0.1) is 0 Å². The van der Waals surface area contributed by atoms with Gasteiger partial charge in [0.25, 0.3) is 5.91 Å². The standard InChI is InChI=1S/C12H21N5O2/c1-4-19-7-10(8(2)3)16-12(18)9-5-14-6-11(15-9)17-13/h5-6,8,10H,4,7,13H2,1-3H3,(H,15,17)(H,16,18). The first kappa shape index (κ1) is 15.3. The molecule has 1 unspecified atom stereocenters. The zero-order valence-corrected chi connectivity index (χ0v) is 11.5. The first-order valence-electron chi connectivity index (χ1n) is 6.25. The molecule has 0 bridgehead atoms. The summed E-state index contributed by atoms with van der Waals surface area (Å²) in [6.07, 6.45) is 2.84. The van der Waals surface area contributed by atoms with Crippen molar-refractivity contribution < 1.29 is 9.53 Å². The van der Waals surface area contributed by atoms with Crippen molar-refractivity contribution in [2.24, 2.45) is 11.8 Å². The number of amides is 1. The predicted octanol–water partition coefficient (Wildman–Crippen LogP) is 0.553. The first-order chi connectivity index (χ1) is 9.08. The number of nitrogens with one attached hydrogen (secondary N) is 2. The predicted molar refractivity (Wildman–Crippen MR) is 72.4 cm³/mol. The topological polar surface area (TPSA) is 102 Å². The van der Waals surface area contributed by atoms with Crippen LogP contribution in [0.25, 0.3) is 0 Å². The van der Waals surface area contributed by atoms with Gasteiger partial charge < -0.3 is 15.5 Å². The Morgan fingerprint density at radius 1 is 1.47 bits per heavy atom. The Hall–Kier alpha value is -1.73. The summed E-state index contributed by atoms with van der Waals surface area (Å²) in [7, 11) is 0. The second-order valence-corrected chi connectivity index (χ2v) is 4.42. The number of carbonyl (C=O) groups is 1. The van der Waals surface area contributed by atoms with Crippen LogP contribution in [0.5, 0.6) is 0 Å². The summed E-state index contributed by atoms with van der Waals surface area (Å²) in [5.41, 5.74) is 2.57. The number of nitrogens with zero attached hydrogens (tertiary/aromatic N) is 2. The van der Waals surface area contributed by atoms with E-state index in [9.17, 15) is 4.79 Å². The fourth-order valence-corrected chi connectivity index (χ4v) is 1.43. The number of hydrogen-bond donors (Lipinski definition) is 3. The van der Waals surface area contributed by atoms with Gasteiger partial charge in [-0.05, 0) is 12.8 Å². The number of carbonyl (C=O) groups excluding carboxylic acids is 1. The second kappa shape index (κ2) is 7.65. The van der Waals surface area contributed by atoms with E-state index in [4.69, 9.17) is 10.6 Å². The zero-order valence-electron chi connectivity index (χ0n) is 11.5. The molecule has 4 N–H and O–H groups in total. The van der Waals surface area contributed by atoms with Crippen molar-refractivity contribution in [3.63, 3.8) is 0 Å². The van der Waals surface area contributed by atoms with Gasteiger partial charge in [-0.1, -0.05) is 13.8 Å². The van der Waals surface area contributed by atoms with Crippen LogP contribution in [0.15, 0.2) is 12.4 Å². The van der Waals surface area contributed by atoms with Crippen LogP contribution in [0.4, 0.5) is 5.82 Å². The summed E-state index contributed by atoms with van der Waals surface area (Å²) >= 11 is 0. The fourth-order valence-electron chi connectivity index (χ4n) is 1.43. The maximum Gasteiger partial charge on any atom is 0.271 e. The molecule has 7 nitrogen and oxygen atoms in total. The minimum atomic E-state index is -0.289. The normalized spacial score (nSPS) is 12.3. The Balaban J connectivity index is 2.69. The Kier molecular flexibility index (Phi) is 6.17. The first-order valence-corrected chi connectivity index (χ1v) is 6.25. The quantitative estimate of drug-likeness (QED) is 0.492. The molecular formula is C12H21N5O2.